The van der Waals surface area contributed by atoms with Crippen LogP contribution in [0.3, 0.4) is 0 Å². The van der Waals surface area contributed by atoms with Crippen molar-refractivity contribution in [1.82, 2.24) is 0 Å². The number of nitriles is 1. The predicted octanol–water partition coefficient (Wildman–Crippen LogP) is 1.35. The molecule has 21 heavy (non-hydrogen) atoms. The first kappa shape index (κ1) is 20.8. The second kappa shape index (κ2) is 12.5. The van der Waals surface area contributed by atoms with Crippen molar-refractivity contribution in [2.24, 2.45) is 9.98 Å². The van der Waals surface area contributed by atoms with Crippen LogP contribution in [0.25, 0.3) is 11.1 Å². The van der Waals surface area contributed by atoms with Crippen molar-refractivity contribution in [1.29, 1.82) is 5.26 Å². The van der Waals surface area contributed by atoms with E-state index in [1.807, 2.05) is 0 Å². The van der Waals surface area contributed by atoms with Gasteiger partial charge in [0.2, 0.25) is 0 Å². The molecule has 0 aromatic heterocycles. The number of hydrogen-bond donors (Lipinski definition) is 0. The van der Waals surface area contributed by atoms with Crippen LogP contribution in [0.4, 0.5) is 5.69 Å². The van der Waals surface area contributed by atoms with Crippen LogP contribution in [0.15, 0.2) is 28.2 Å². The van der Waals surface area contributed by atoms with Gasteiger partial charge in [0.25, 0.3) is 5.69 Å². The second-order valence-electron chi connectivity index (χ2n) is 3.08. The molecular weight excluding hydrogens is 328 g/mol. The largest absolute Gasteiger partial charge is 2.00 e. The maximum Gasteiger partial charge on any atom is 2.00 e. The minimum absolute atomic E-state index is 0. The van der Waals surface area contributed by atoms with E-state index in [-0.39, 0.29) is 47.2 Å². The first-order chi connectivity index (χ1) is 9.56. The molecule has 113 valence electrons. The number of nitrogens with one attached hydrogen (secondary N) is 1. The van der Waals surface area contributed by atoms with E-state index in [4.69, 9.17) is 16.4 Å². The number of benzene rings is 1. The number of hydrogen-bond acceptors (Lipinski definition) is 6. The number of non-ortho nitro benzene ring substituents is 1. The summed E-state index contributed by atoms with van der Waals surface area (Å²) in [6, 6.07) is 4.75. The standard InChI is InChI=1S/C9H10N3O3.C2N3.Cu/c10-3-4-11-6-7-5-8(12(14)15)1-2-9(7)13;3-1-5-2-4;/h1-2,5-6,10,13H,3-4H2;;/q2*-1;+2/p-1. The van der Waals surface area contributed by atoms with Crippen molar-refractivity contribution < 1.29 is 27.1 Å². The average molecular weight is 337 g/mol. The summed E-state index contributed by atoms with van der Waals surface area (Å²) >= 11 is 0. The third kappa shape index (κ3) is 9.04. The molecule has 0 aliphatic heterocycles. The molecule has 0 atom stereocenters. The van der Waals surface area contributed by atoms with Crippen LogP contribution < -0.4 is 5.11 Å². The molecule has 0 heterocycles. The molecule has 0 bridgehead atoms. The average Bonchev–Trinajstić information content (AvgIpc) is 2.42. The molecule has 0 saturated carbocycles. The van der Waals surface area contributed by atoms with Crippen LogP contribution in [-0.4, -0.2) is 30.2 Å². The van der Waals surface area contributed by atoms with Gasteiger partial charge < -0.3 is 21.2 Å². The summed E-state index contributed by atoms with van der Waals surface area (Å²) in [6.45, 7) is 0.405. The molecule has 0 amide bonds. The molecular formula is C11H9CuN6O3-. The van der Waals surface area contributed by atoms with Crippen LogP contribution in [0, 0.1) is 21.6 Å². The van der Waals surface area contributed by atoms with E-state index in [9.17, 15) is 15.2 Å². The Kier molecular flexibility index (Phi) is 12.3. The van der Waals surface area contributed by atoms with Crippen LogP contribution in [0.1, 0.15) is 5.56 Å². The topological polar surface area (TPSA) is 161 Å². The molecule has 10 heteroatoms. The molecule has 0 aliphatic carbocycles. The molecule has 1 aromatic rings. The van der Waals surface area contributed by atoms with Gasteiger partial charge in [-0.05, 0) is 5.56 Å². The molecule has 0 fully saturated rings. The molecule has 0 unspecified atom stereocenters. The van der Waals surface area contributed by atoms with Gasteiger partial charge in [0, 0.05) is 24.9 Å². The molecule has 1 aromatic carbocycles. The Balaban J connectivity index is 0. The quantitative estimate of drug-likeness (QED) is 0.267. The van der Waals surface area contributed by atoms with E-state index in [2.05, 4.69) is 9.98 Å². The predicted molar refractivity (Wildman–Crippen MR) is 70.6 cm³/mol. The van der Waals surface area contributed by atoms with Crippen molar-refractivity contribution in [2.45, 2.75) is 0 Å². The number of rotatable bonds is 4. The van der Waals surface area contributed by atoms with Crippen LogP contribution in [0.2, 0.25) is 0 Å². The smallest absolute Gasteiger partial charge is 0.872 e. The van der Waals surface area contributed by atoms with Crippen molar-refractivity contribution in [3.05, 3.63) is 45.0 Å². The van der Waals surface area contributed by atoms with Gasteiger partial charge in [0.05, 0.1) is 11.1 Å². The third-order valence-corrected chi connectivity index (χ3v) is 1.78. The number of nitro groups is 1. The zero-order valence-electron chi connectivity index (χ0n) is 10.5. The van der Waals surface area contributed by atoms with E-state index in [1.165, 1.54) is 24.5 Å². The maximum absolute atomic E-state index is 11.2. The molecule has 9 nitrogen and oxygen atoms in total. The number of aliphatic imine (C=N–C) groups is 2. The summed E-state index contributed by atoms with van der Waals surface area (Å²) in [6.07, 6.45) is 2.55. The van der Waals surface area contributed by atoms with Gasteiger partial charge in [0.1, 0.15) is 0 Å². The van der Waals surface area contributed by atoms with Gasteiger partial charge in [-0.1, -0.05) is 11.8 Å². The normalized spacial score (nSPS) is 8.57. The molecule has 0 aliphatic rings. The summed E-state index contributed by atoms with van der Waals surface area (Å²) in [4.78, 5) is 16.2. The Bertz CT molecular complexity index is 578. The SMILES string of the molecule is N#CN=C=[N-].[Cu+2].[NH-]CCN=Cc1cc([N+](=O)[O-])ccc1[O-]. The van der Waals surface area contributed by atoms with Crippen molar-refractivity contribution in [3.63, 3.8) is 0 Å². The summed E-state index contributed by atoms with van der Waals surface area (Å²) in [5.41, 5.74) is 6.87. The third-order valence-electron chi connectivity index (χ3n) is 1.78. The van der Waals surface area contributed by atoms with Crippen molar-refractivity contribution >= 4 is 17.9 Å². The van der Waals surface area contributed by atoms with Gasteiger partial charge in [0.15, 0.2) is 0 Å². The van der Waals surface area contributed by atoms with E-state index < -0.39 is 4.92 Å². The van der Waals surface area contributed by atoms with Gasteiger partial charge in [-0.2, -0.15) is 5.26 Å². The van der Waals surface area contributed by atoms with Gasteiger partial charge in [-0.3, -0.25) is 15.1 Å². The van der Waals surface area contributed by atoms with Crippen molar-refractivity contribution in [3.8, 4) is 11.9 Å². The summed E-state index contributed by atoms with van der Waals surface area (Å²) < 4.78 is 0. The minimum atomic E-state index is -0.568. The Morgan fingerprint density at radius 3 is 2.62 bits per heavy atom. The van der Waals surface area contributed by atoms with Crippen LogP contribution >= 0.6 is 0 Å². The minimum Gasteiger partial charge on any atom is -0.872 e. The second-order valence-corrected chi connectivity index (χ2v) is 3.08. The molecule has 1 N–H and O–H groups in total. The zero-order chi connectivity index (χ0) is 15.4. The van der Waals surface area contributed by atoms with Crippen LogP contribution in [0.5, 0.6) is 5.75 Å². The van der Waals surface area contributed by atoms with Gasteiger partial charge >= 0.3 is 17.1 Å². The number of nitrogens with zero attached hydrogens (tertiary/aromatic N) is 5. The fourth-order valence-electron chi connectivity index (χ4n) is 1.00. The Hall–Kier alpha value is -2.56. The first-order valence-electron chi connectivity index (χ1n) is 5.14. The van der Waals surface area contributed by atoms with Crippen LogP contribution in [-0.2, 0) is 17.1 Å². The summed E-state index contributed by atoms with van der Waals surface area (Å²) in [7, 11) is 0. The zero-order valence-corrected chi connectivity index (χ0v) is 11.4. The summed E-state index contributed by atoms with van der Waals surface area (Å²) in [5, 5.41) is 36.5. The fourth-order valence-corrected chi connectivity index (χ4v) is 1.00. The maximum atomic E-state index is 11.2. The van der Waals surface area contributed by atoms with Gasteiger partial charge in [-0.25, -0.2) is 0 Å². The fraction of sp³-hybridized carbons (Fsp3) is 0.182. The monoisotopic (exact) mass is 336 g/mol. The Morgan fingerprint density at radius 2 is 2.19 bits per heavy atom. The molecule has 1 rings (SSSR count). The number of nitro benzene ring substituents is 1. The Morgan fingerprint density at radius 1 is 1.52 bits per heavy atom. The summed E-state index contributed by atoms with van der Waals surface area (Å²) in [5.74, 6) is -0.311. The Labute approximate surface area is 131 Å². The van der Waals surface area contributed by atoms with E-state index >= 15 is 0 Å². The first-order valence-corrected chi connectivity index (χ1v) is 5.14. The molecule has 1 radical (unpaired) electrons. The van der Waals surface area contributed by atoms with Crippen molar-refractivity contribution in [2.75, 3.05) is 13.1 Å². The van der Waals surface area contributed by atoms with E-state index in [1.54, 1.807) is 0 Å². The van der Waals surface area contributed by atoms with Gasteiger partial charge in [-0.15, -0.1) is 12.6 Å². The van der Waals surface area contributed by atoms with E-state index in [0.29, 0.717) is 0 Å². The molecule has 0 saturated heterocycles. The van der Waals surface area contributed by atoms with E-state index in [0.717, 1.165) is 12.1 Å². The molecule has 0 spiro atoms.